The number of hydrogen-bond donors (Lipinski definition) is 1. The summed E-state index contributed by atoms with van der Waals surface area (Å²) in [5.41, 5.74) is -1.61. The Morgan fingerprint density at radius 3 is 2.66 bits per heavy atom. The van der Waals surface area contributed by atoms with Crippen LogP contribution in [0.5, 0.6) is 0 Å². The first-order valence-electron chi connectivity index (χ1n) is 8.36. The van der Waals surface area contributed by atoms with Crippen LogP contribution in [0, 0.1) is 10.1 Å². The highest BCUT2D eigenvalue weighted by Crippen LogP contribution is 2.41. The zero-order chi connectivity index (χ0) is 20.9. The highest BCUT2D eigenvalue weighted by molar-refractivity contribution is 6.34. The maximum Gasteiger partial charge on any atom is 0.433 e. The Hall–Kier alpha value is -3.21. The number of rotatable bonds is 4. The number of fused-ring (bicyclic) bond motifs is 1. The summed E-state index contributed by atoms with van der Waals surface area (Å²) in [6.45, 7) is 0. The summed E-state index contributed by atoms with van der Waals surface area (Å²) < 4.78 is 40.9. The van der Waals surface area contributed by atoms with Crippen LogP contribution in [-0.2, 0) is 6.18 Å². The summed E-state index contributed by atoms with van der Waals surface area (Å²) in [5.74, 6) is -0.922. The fourth-order valence-corrected chi connectivity index (χ4v) is 3.01. The zero-order valence-corrected chi connectivity index (χ0v) is 15.2. The van der Waals surface area contributed by atoms with Crippen molar-refractivity contribution in [3.05, 3.63) is 62.6 Å². The highest BCUT2D eigenvalue weighted by Gasteiger charge is 2.38. The van der Waals surface area contributed by atoms with E-state index < -0.39 is 22.7 Å². The van der Waals surface area contributed by atoms with Crippen LogP contribution < -0.4 is 5.32 Å². The monoisotopic (exact) mass is 425 g/mol. The molecule has 0 radical (unpaired) electrons. The molecule has 2 heterocycles. The van der Waals surface area contributed by atoms with Gasteiger partial charge in [-0.25, -0.2) is 9.50 Å². The first-order chi connectivity index (χ1) is 13.6. The number of aromatic nitrogens is 3. The van der Waals surface area contributed by atoms with Crippen molar-refractivity contribution in [3.8, 4) is 0 Å². The van der Waals surface area contributed by atoms with Crippen LogP contribution >= 0.6 is 11.6 Å². The van der Waals surface area contributed by atoms with Crippen molar-refractivity contribution < 1.29 is 22.9 Å². The Bertz CT molecular complexity index is 1160. The lowest BCUT2D eigenvalue weighted by atomic mass is 10.2. The van der Waals surface area contributed by atoms with E-state index in [4.69, 9.17) is 11.6 Å². The lowest BCUT2D eigenvalue weighted by Crippen LogP contribution is -2.16. The van der Waals surface area contributed by atoms with Crippen molar-refractivity contribution in [2.75, 3.05) is 5.32 Å². The third-order valence-corrected chi connectivity index (χ3v) is 4.76. The van der Waals surface area contributed by atoms with Gasteiger partial charge in [0.25, 0.3) is 11.6 Å². The number of halogens is 4. The summed E-state index contributed by atoms with van der Waals surface area (Å²) in [5, 5.41) is 17.0. The average molecular weight is 426 g/mol. The van der Waals surface area contributed by atoms with Gasteiger partial charge in [-0.15, -0.1) is 0 Å². The molecule has 1 aromatic carbocycles. The van der Waals surface area contributed by atoms with Crippen LogP contribution in [0.4, 0.5) is 24.5 Å². The lowest BCUT2D eigenvalue weighted by Gasteiger charge is -2.11. The molecule has 1 amide bonds. The molecule has 0 spiro atoms. The molecule has 1 aliphatic rings. The van der Waals surface area contributed by atoms with Gasteiger partial charge in [-0.2, -0.15) is 18.3 Å². The number of anilines is 1. The smallest absolute Gasteiger partial charge is 0.320 e. The number of nitro benzene ring substituents is 1. The van der Waals surface area contributed by atoms with Crippen LogP contribution in [0.2, 0.25) is 5.02 Å². The van der Waals surface area contributed by atoms with Gasteiger partial charge in [0.15, 0.2) is 5.65 Å². The molecule has 4 rings (SSSR count). The molecule has 8 nitrogen and oxygen atoms in total. The summed E-state index contributed by atoms with van der Waals surface area (Å²) >= 11 is 5.96. The molecule has 2 aromatic heterocycles. The van der Waals surface area contributed by atoms with Gasteiger partial charge in [0.05, 0.1) is 21.8 Å². The van der Waals surface area contributed by atoms with Gasteiger partial charge < -0.3 is 5.32 Å². The number of nitrogens with zero attached hydrogens (tertiary/aromatic N) is 4. The average Bonchev–Trinajstić information content (AvgIpc) is 3.40. The van der Waals surface area contributed by atoms with E-state index in [0.717, 1.165) is 37.2 Å². The van der Waals surface area contributed by atoms with Gasteiger partial charge in [-0.1, -0.05) is 11.6 Å². The Kier molecular flexibility index (Phi) is 4.41. The molecule has 0 aliphatic heterocycles. The topological polar surface area (TPSA) is 102 Å². The molecule has 1 aliphatic carbocycles. The fraction of sp³-hybridized carbons (Fsp3) is 0.235. The molecule has 0 bridgehead atoms. The highest BCUT2D eigenvalue weighted by atomic mass is 35.5. The zero-order valence-electron chi connectivity index (χ0n) is 14.4. The number of nitrogens with one attached hydrogen (secondary N) is 1. The summed E-state index contributed by atoms with van der Waals surface area (Å²) in [6, 6.07) is 4.38. The van der Waals surface area contributed by atoms with Crippen molar-refractivity contribution in [3.63, 3.8) is 0 Å². The molecule has 12 heteroatoms. The molecule has 1 saturated carbocycles. The van der Waals surface area contributed by atoms with Gasteiger partial charge in [-0.3, -0.25) is 14.9 Å². The summed E-state index contributed by atoms with van der Waals surface area (Å²) in [6.07, 6.45) is -2.28. The van der Waals surface area contributed by atoms with Gasteiger partial charge in [0.2, 0.25) is 0 Å². The molecule has 1 fully saturated rings. The predicted molar refractivity (Wildman–Crippen MR) is 96.0 cm³/mol. The number of benzene rings is 1. The van der Waals surface area contributed by atoms with E-state index >= 15 is 0 Å². The van der Waals surface area contributed by atoms with Crippen molar-refractivity contribution in [2.45, 2.75) is 24.9 Å². The number of carbonyl (C=O) groups excluding carboxylic acids is 1. The van der Waals surface area contributed by atoms with Crippen molar-refractivity contribution in [1.29, 1.82) is 0 Å². The minimum atomic E-state index is -4.69. The Balaban J connectivity index is 1.76. The van der Waals surface area contributed by atoms with Crippen LogP contribution in [0.25, 0.3) is 5.65 Å². The number of amides is 1. The van der Waals surface area contributed by atoms with E-state index in [1.807, 2.05) is 0 Å². The number of carbonyl (C=O) groups is 1. The first kappa shape index (κ1) is 19.1. The molecular formula is C17H11ClF3N5O3. The van der Waals surface area contributed by atoms with E-state index in [9.17, 15) is 28.1 Å². The van der Waals surface area contributed by atoms with E-state index in [0.29, 0.717) is 4.52 Å². The van der Waals surface area contributed by atoms with E-state index in [-0.39, 0.29) is 39.2 Å². The van der Waals surface area contributed by atoms with Crippen LogP contribution in [-0.4, -0.2) is 25.4 Å². The molecule has 0 saturated heterocycles. The molecule has 29 heavy (non-hydrogen) atoms. The minimum absolute atomic E-state index is 0.0306. The van der Waals surface area contributed by atoms with Gasteiger partial charge in [0.1, 0.15) is 11.3 Å². The largest absolute Gasteiger partial charge is 0.433 e. The standard InChI is InChI=1S/C17H11ClF3N5O3/c18-11-4-3-9(26(28)29)5-13(11)24-16(27)10-7-22-25-14(17(19,20)21)6-12(8-1-2-8)23-15(10)25/h3-8H,1-2H2,(H,24,27). The number of nitro groups is 1. The first-order valence-corrected chi connectivity index (χ1v) is 8.74. The van der Waals surface area contributed by atoms with Crippen LogP contribution in [0.1, 0.15) is 40.5 Å². The fourth-order valence-electron chi connectivity index (χ4n) is 2.84. The maximum atomic E-state index is 13.4. The second-order valence-electron chi connectivity index (χ2n) is 6.51. The van der Waals surface area contributed by atoms with Crippen molar-refractivity contribution in [1.82, 2.24) is 14.6 Å². The van der Waals surface area contributed by atoms with Gasteiger partial charge >= 0.3 is 6.18 Å². The van der Waals surface area contributed by atoms with Crippen LogP contribution in [0.15, 0.2) is 30.5 Å². The molecule has 0 unspecified atom stereocenters. The van der Waals surface area contributed by atoms with E-state index in [1.165, 1.54) is 6.07 Å². The molecular weight excluding hydrogens is 415 g/mol. The van der Waals surface area contributed by atoms with E-state index in [2.05, 4.69) is 15.4 Å². The van der Waals surface area contributed by atoms with Gasteiger partial charge in [-0.05, 0) is 25.0 Å². The normalized spacial score (nSPS) is 14.2. The number of hydrogen-bond acceptors (Lipinski definition) is 5. The third-order valence-electron chi connectivity index (χ3n) is 4.43. The summed E-state index contributed by atoms with van der Waals surface area (Å²) in [4.78, 5) is 27.1. The second-order valence-corrected chi connectivity index (χ2v) is 6.91. The lowest BCUT2D eigenvalue weighted by molar-refractivity contribution is -0.384. The molecule has 0 atom stereocenters. The number of non-ortho nitro benzene ring substituents is 1. The SMILES string of the molecule is O=C(Nc1cc([N+](=O)[O-])ccc1Cl)c1cnn2c(C(F)(F)F)cc(C3CC3)nc12. The van der Waals surface area contributed by atoms with Gasteiger partial charge in [0, 0.05) is 23.7 Å². The van der Waals surface area contributed by atoms with Crippen molar-refractivity contribution in [2.24, 2.45) is 0 Å². The second kappa shape index (κ2) is 6.69. The van der Waals surface area contributed by atoms with Crippen molar-refractivity contribution >= 4 is 34.5 Å². The molecule has 3 aromatic rings. The Morgan fingerprint density at radius 2 is 2.03 bits per heavy atom. The molecule has 1 N–H and O–H groups in total. The quantitative estimate of drug-likeness (QED) is 0.491. The van der Waals surface area contributed by atoms with E-state index in [1.54, 1.807) is 0 Å². The Morgan fingerprint density at radius 1 is 1.31 bits per heavy atom. The minimum Gasteiger partial charge on any atom is -0.320 e. The third kappa shape index (κ3) is 3.60. The molecule has 150 valence electrons. The number of alkyl halides is 3. The maximum absolute atomic E-state index is 13.4. The van der Waals surface area contributed by atoms with Crippen LogP contribution in [0.3, 0.4) is 0 Å². The predicted octanol–water partition coefficient (Wildman–Crippen LogP) is 4.44. The Labute approximate surface area is 165 Å². The summed E-state index contributed by atoms with van der Waals surface area (Å²) in [7, 11) is 0.